The lowest BCUT2D eigenvalue weighted by Crippen LogP contribution is -2.37. The van der Waals surface area contributed by atoms with Gasteiger partial charge in [0.05, 0.1) is 0 Å². The van der Waals surface area contributed by atoms with E-state index in [9.17, 15) is 4.39 Å². The molecule has 2 heterocycles. The van der Waals surface area contributed by atoms with E-state index in [4.69, 9.17) is 5.73 Å². The molecule has 0 saturated carbocycles. The van der Waals surface area contributed by atoms with Gasteiger partial charge in [-0.1, -0.05) is 6.07 Å². The Balaban J connectivity index is 1.87. The minimum absolute atomic E-state index is 0.170. The van der Waals surface area contributed by atoms with E-state index in [0.717, 1.165) is 30.6 Å². The minimum atomic E-state index is -0.180. The Hall–Kier alpha value is -1.23. The first-order chi connectivity index (χ1) is 9.69. The summed E-state index contributed by atoms with van der Waals surface area (Å²) in [6.07, 6.45) is 1.09. The van der Waals surface area contributed by atoms with Gasteiger partial charge in [0.15, 0.2) is 0 Å². The number of hydrogen-bond acceptors (Lipinski definition) is 3. The Bertz CT molecular complexity index is 608. The van der Waals surface area contributed by atoms with Gasteiger partial charge >= 0.3 is 0 Å². The number of halogens is 1. The first kappa shape index (κ1) is 13.7. The molecule has 3 rings (SSSR count). The topological polar surface area (TPSA) is 29.3 Å². The van der Waals surface area contributed by atoms with Crippen molar-refractivity contribution in [2.75, 3.05) is 13.1 Å². The molecule has 1 aliphatic heterocycles. The Morgan fingerprint density at radius 3 is 3.00 bits per heavy atom. The molecule has 106 valence electrons. The zero-order chi connectivity index (χ0) is 14.1. The molecule has 2 nitrogen and oxygen atoms in total. The summed E-state index contributed by atoms with van der Waals surface area (Å²) in [5.74, 6) is -0.180. The van der Waals surface area contributed by atoms with Crippen LogP contribution in [0.3, 0.4) is 0 Å². The fourth-order valence-electron chi connectivity index (χ4n) is 3.02. The van der Waals surface area contributed by atoms with E-state index >= 15 is 0 Å². The lowest BCUT2D eigenvalue weighted by Gasteiger charge is -2.35. The highest BCUT2D eigenvalue weighted by molar-refractivity contribution is 7.10. The van der Waals surface area contributed by atoms with Crippen molar-refractivity contribution in [3.05, 3.63) is 57.0 Å². The molecule has 20 heavy (non-hydrogen) atoms. The monoisotopic (exact) mass is 290 g/mol. The summed E-state index contributed by atoms with van der Waals surface area (Å²) in [6.45, 7) is 4.48. The summed E-state index contributed by atoms with van der Waals surface area (Å²) < 4.78 is 13.3. The molecule has 1 atom stereocenters. The zero-order valence-corrected chi connectivity index (χ0v) is 12.4. The van der Waals surface area contributed by atoms with Crippen molar-refractivity contribution in [2.24, 2.45) is 5.73 Å². The third-order valence-electron chi connectivity index (χ3n) is 4.09. The van der Waals surface area contributed by atoms with Crippen molar-refractivity contribution < 1.29 is 4.39 Å². The highest BCUT2D eigenvalue weighted by Gasteiger charge is 2.25. The van der Waals surface area contributed by atoms with E-state index in [1.54, 1.807) is 6.07 Å². The van der Waals surface area contributed by atoms with Gasteiger partial charge in [-0.05, 0) is 53.6 Å². The molecular weight excluding hydrogens is 271 g/mol. The average molecular weight is 290 g/mol. The highest BCUT2D eigenvalue weighted by atomic mass is 32.1. The Morgan fingerprint density at radius 2 is 2.25 bits per heavy atom. The van der Waals surface area contributed by atoms with Crippen LogP contribution in [0, 0.1) is 12.7 Å². The van der Waals surface area contributed by atoms with Crippen LogP contribution in [-0.2, 0) is 13.0 Å². The molecule has 4 heteroatoms. The van der Waals surface area contributed by atoms with Crippen LogP contribution in [0.2, 0.25) is 0 Å². The largest absolute Gasteiger partial charge is 0.329 e. The molecule has 0 saturated heterocycles. The minimum Gasteiger partial charge on any atom is -0.329 e. The first-order valence-electron chi connectivity index (χ1n) is 6.94. The van der Waals surface area contributed by atoms with E-state index < -0.39 is 0 Å². The van der Waals surface area contributed by atoms with Crippen LogP contribution in [0.4, 0.5) is 4.39 Å². The highest BCUT2D eigenvalue weighted by Crippen LogP contribution is 2.31. The third kappa shape index (κ3) is 2.51. The smallest absolute Gasteiger partial charge is 0.123 e. The third-order valence-corrected chi connectivity index (χ3v) is 5.12. The van der Waals surface area contributed by atoms with Crippen molar-refractivity contribution >= 4 is 11.3 Å². The summed E-state index contributed by atoms with van der Waals surface area (Å²) in [4.78, 5) is 3.91. The quantitative estimate of drug-likeness (QED) is 0.940. The van der Waals surface area contributed by atoms with Crippen molar-refractivity contribution in [3.63, 3.8) is 0 Å². The van der Waals surface area contributed by atoms with Crippen molar-refractivity contribution in [2.45, 2.75) is 25.9 Å². The summed E-state index contributed by atoms with van der Waals surface area (Å²) >= 11 is 1.84. The van der Waals surface area contributed by atoms with Crippen LogP contribution in [-0.4, -0.2) is 18.0 Å². The molecule has 1 aliphatic rings. The van der Waals surface area contributed by atoms with Gasteiger partial charge in [0.25, 0.3) is 0 Å². The van der Waals surface area contributed by atoms with Gasteiger partial charge in [-0.2, -0.15) is 0 Å². The zero-order valence-electron chi connectivity index (χ0n) is 11.6. The second-order valence-electron chi connectivity index (χ2n) is 5.34. The van der Waals surface area contributed by atoms with Crippen LogP contribution in [0.15, 0.2) is 29.6 Å². The van der Waals surface area contributed by atoms with Gasteiger partial charge in [-0.15, -0.1) is 11.3 Å². The number of benzene rings is 1. The van der Waals surface area contributed by atoms with Crippen molar-refractivity contribution in [3.8, 4) is 0 Å². The SMILES string of the molecule is Cc1cc(F)ccc1C(CN)N1CCc2sccc2C1. The molecule has 0 aliphatic carbocycles. The second-order valence-corrected chi connectivity index (χ2v) is 6.34. The van der Waals surface area contributed by atoms with Crippen LogP contribution >= 0.6 is 11.3 Å². The molecule has 1 aromatic heterocycles. The first-order valence-corrected chi connectivity index (χ1v) is 7.82. The molecule has 2 N–H and O–H groups in total. The number of fused-ring (bicyclic) bond motifs is 1. The normalized spacial score (nSPS) is 16.9. The fraction of sp³-hybridized carbons (Fsp3) is 0.375. The van der Waals surface area contributed by atoms with Gasteiger partial charge in [-0.3, -0.25) is 4.90 Å². The van der Waals surface area contributed by atoms with Crippen LogP contribution < -0.4 is 5.73 Å². The molecule has 0 fully saturated rings. The summed E-state index contributed by atoms with van der Waals surface area (Å²) in [7, 11) is 0. The second kappa shape index (κ2) is 5.64. The van der Waals surface area contributed by atoms with E-state index in [0.29, 0.717) is 6.54 Å². The fourth-order valence-corrected chi connectivity index (χ4v) is 3.91. The molecule has 0 spiro atoms. The van der Waals surface area contributed by atoms with Crippen LogP contribution in [0.5, 0.6) is 0 Å². The predicted octanol–water partition coefficient (Wildman–Crippen LogP) is 3.25. The number of nitrogens with two attached hydrogens (primary N) is 1. The summed E-state index contributed by atoms with van der Waals surface area (Å²) in [6, 6.07) is 7.38. The van der Waals surface area contributed by atoms with Gasteiger partial charge in [-0.25, -0.2) is 4.39 Å². The standard InChI is InChI=1S/C16H19FN2S/c1-11-8-13(17)2-3-14(11)15(9-18)19-6-4-16-12(10-19)5-7-20-16/h2-3,5,7-8,15H,4,6,9-10,18H2,1H3. The lowest BCUT2D eigenvalue weighted by molar-refractivity contribution is 0.184. The average Bonchev–Trinajstić information content (AvgIpc) is 2.89. The Kier molecular flexibility index (Phi) is 3.87. The Morgan fingerprint density at radius 1 is 1.40 bits per heavy atom. The number of aryl methyl sites for hydroxylation is 1. The molecule has 2 aromatic rings. The predicted molar refractivity (Wildman–Crippen MR) is 81.4 cm³/mol. The summed E-state index contributed by atoms with van der Waals surface area (Å²) in [5.41, 5.74) is 9.55. The molecular formula is C16H19FN2S. The van der Waals surface area contributed by atoms with E-state index in [1.165, 1.54) is 16.5 Å². The molecule has 0 bridgehead atoms. The number of rotatable bonds is 3. The van der Waals surface area contributed by atoms with E-state index in [2.05, 4.69) is 16.3 Å². The van der Waals surface area contributed by atoms with Crippen molar-refractivity contribution in [1.29, 1.82) is 0 Å². The number of hydrogen-bond donors (Lipinski definition) is 1. The summed E-state index contributed by atoms with van der Waals surface area (Å²) in [5, 5.41) is 2.16. The van der Waals surface area contributed by atoms with Gasteiger partial charge in [0.2, 0.25) is 0 Å². The number of thiophene rings is 1. The number of nitrogens with zero attached hydrogens (tertiary/aromatic N) is 1. The molecule has 1 aromatic carbocycles. The van der Waals surface area contributed by atoms with Gasteiger partial charge in [0.1, 0.15) is 5.82 Å². The van der Waals surface area contributed by atoms with Crippen molar-refractivity contribution in [1.82, 2.24) is 4.90 Å². The maximum Gasteiger partial charge on any atom is 0.123 e. The molecule has 0 amide bonds. The Labute approximate surface area is 123 Å². The van der Waals surface area contributed by atoms with Gasteiger partial charge in [0, 0.05) is 30.6 Å². The molecule has 0 radical (unpaired) electrons. The van der Waals surface area contributed by atoms with E-state index in [1.807, 2.05) is 24.3 Å². The maximum absolute atomic E-state index is 13.3. The van der Waals surface area contributed by atoms with E-state index in [-0.39, 0.29) is 11.9 Å². The van der Waals surface area contributed by atoms with Crippen LogP contribution in [0.25, 0.3) is 0 Å². The molecule has 1 unspecified atom stereocenters. The van der Waals surface area contributed by atoms with Crippen LogP contribution in [0.1, 0.15) is 27.6 Å². The maximum atomic E-state index is 13.3. The van der Waals surface area contributed by atoms with Gasteiger partial charge < -0.3 is 5.73 Å². The lowest BCUT2D eigenvalue weighted by atomic mass is 9.97.